The molecule has 1 atom stereocenters. The quantitative estimate of drug-likeness (QED) is 0.892. The van der Waals surface area contributed by atoms with Crippen LogP contribution in [0.25, 0.3) is 0 Å². The van der Waals surface area contributed by atoms with Crippen molar-refractivity contribution < 1.29 is 0 Å². The molecular formula is C10H15BrClN. The van der Waals surface area contributed by atoms with Crippen LogP contribution in [0, 0.1) is 0 Å². The molecule has 0 fully saturated rings. The first-order chi connectivity index (χ1) is 5.72. The summed E-state index contributed by atoms with van der Waals surface area (Å²) in [6.45, 7) is 2.11. The maximum absolute atomic E-state index is 5.84. The van der Waals surface area contributed by atoms with E-state index in [1.165, 1.54) is 5.56 Å². The van der Waals surface area contributed by atoms with Crippen molar-refractivity contribution in [1.29, 1.82) is 0 Å². The SMILES string of the molecule is CCC(N)Cc1cccc(Br)c1.Cl. The normalized spacial score (nSPS) is 11.9. The van der Waals surface area contributed by atoms with Gasteiger partial charge in [0.25, 0.3) is 0 Å². The highest BCUT2D eigenvalue weighted by atomic mass is 79.9. The number of hydrogen-bond donors (Lipinski definition) is 1. The zero-order valence-electron chi connectivity index (χ0n) is 7.66. The fourth-order valence-corrected chi connectivity index (χ4v) is 1.56. The minimum absolute atomic E-state index is 0. The second kappa shape index (κ2) is 6.41. The molecule has 0 aliphatic heterocycles. The van der Waals surface area contributed by atoms with Crippen molar-refractivity contribution in [1.82, 2.24) is 0 Å². The van der Waals surface area contributed by atoms with Crippen LogP contribution in [0.4, 0.5) is 0 Å². The molecule has 74 valence electrons. The molecule has 0 spiro atoms. The van der Waals surface area contributed by atoms with Gasteiger partial charge < -0.3 is 5.73 Å². The molecule has 2 N–H and O–H groups in total. The van der Waals surface area contributed by atoms with Crippen LogP contribution in [0.2, 0.25) is 0 Å². The van der Waals surface area contributed by atoms with E-state index >= 15 is 0 Å². The fourth-order valence-electron chi connectivity index (χ4n) is 1.11. The van der Waals surface area contributed by atoms with E-state index in [4.69, 9.17) is 5.73 Å². The van der Waals surface area contributed by atoms with Crippen molar-refractivity contribution in [2.24, 2.45) is 5.73 Å². The van der Waals surface area contributed by atoms with Crippen LogP contribution in [0.15, 0.2) is 28.7 Å². The molecule has 13 heavy (non-hydrogen) atoms. The van der Waals surface area contributed by atoms with Gasteiger partial charge in [0.05, 0.1) is 0 Å². The van der Waals surface area contributed by atoms with Crippen molar-refractivity contribution in [2.45, 2.75) is 25.8 Å². The summed E-state index contributed by atoms with van der Waals surface area (Å²) >= 11 is 3.43. The fraction of sp³-hybridized carbons (Fsp3) is 0.400. The number of hydrogen-bond acceptors (Lipinski definition) is 1. The molecule has 0 aromatic heterocycles. The van der Waals surface area contributed by atoms with E-state index in [0.29, 0.717) is 6.04 Å². The van der Waals surface area contributed by atoms with Crippen molar-refractivity contribution in [3.05, 3.63) is 34.3 Å². The van der Waals surface area contributed by atoms with Crippen LogP contribution in [-0.2, 0) is 6.42 Å². The van der Waals surface area contributed by atoms with E-state index in [1.54, 1.807) is 0 Å². The first-order valence-corrected chi connectivity index (χ1v) is 5.01. The van der Waals surface area contributed by atoms with Gasteiger partial charge in [0.1, 0.15) is 0 Å². The van der Waals surface area contributed by atoms with Crippen molar-refractivity contribution in [3.8, 4) is 0 Å². The summed E-state index contributed by atoms with van der Waals surface area (Å²) in [4.78, 5) is 0. The van der Waals surface area contributed by atoms with Crippen LogP contribution in [0.1, 0.15) is 18.9 Å². The van der Waals surface area contributed by atoms with E-state index in [9.17, 15) is 0 Å². The van der Waals surface area contributed by atoms with Crippen molar-refractivity contribution >= 4 is 28.3 Å². The Morgan fingerprint density at radius 3 is 2.69 bits per heavy atom. The molecule has 0 saturated heterocycles. The highest BCUT2D eigenvalue weighted by Crippen LogP contribution is 2.13. The number of benzene rings is 1. The minimum Gasteiger partial charge on any atom is -0.327 e. The Morgan fingerprint density at radius 1 is 1.46 bits per heavy atom. The van der Waals surface area contributed by atoms with E-state index in [-0.39, 0.29) is 12.4 Å². The molecule has 0 radical (unpaired) electrons. The second-order valence-electron chi connectivity index (χ2n) is 3.00. The van der Waals surface area contributed by atoms with Crippen molar-refractivity contribution in [2.75, 3.05) is 0 Å². The molecule has 3 heteroatoms. The van der Waals surface area contributed by atoms with Crippen LogP contribution < -0.4 is 5.73 Å². The molecule has 0 amide bonds. The molecule has 0 bridgehead atoms. The summed E-state index contributed by atoms with van der Waals surface area (Å²) < 4.78 is 1.13. The lowest BCUT2D eigenvalue weighted by Crippen LogP contribution is -2.21. The monoisotopic (exact) mass is 263 g/mol. The summed E-state index contributed by atoms with van der Waals surface area (Å²) in [6, 6.07) is 8.60. The molecule has 0 aliphatic rings. The van der Waals surface area contributed by atoms with Gasteiger partial charge in [-0.1, -0.05) is 35.0 Å². The Bertz CT molecular complexity index is 252. The van der Waals surface area contributed by atoms with Gasteiger partial charge in [-0.25, -0.2) is 0 Å². The molecule has 1 aromatic rings. The summed E-state index contributed by atoms with van der Waals surface area (Å²) in [5.41, 5.74) is 7.14. The Balaban J connectivity index is 0.00000144. The van der Waals surface area contributed by atoms with E-state index in [1.807, 2.05) is 12.1 Å². The zero-order valence-corrected chi connectivity index (χ0v) is 10.1. The Kier molecular flexibility index (Phi) is 6.39. The van der Waals surface area contributed by atoms with E-state index in [0.717, 1.165) is 17.3 Å². The highest BCUT2D eigenvalue weighted by Gasteiger charge is 2.00. The molecule has 1 nitrogen and oxygen atoms in total. The third-order valence-corrected chi connectivity index (χ3v) is 2.40. The summed E-state index contributed by atoms with van der Waals surface area (Å²) in [7, 11) is 0. The first kappa shape index (κ1) is 12.9. The van der Waals surface area contributed by atoms with Crippen LogP contribution in [0.5, 0.6) is 0 Å². The topological polar surface area (TPSA) is 26.0 Å². The minimum atomic E-state index is 0. The Morgan fingerprint density at radius 2 is 2.15 bits per heavy atom. The molecule has 1 rings (SSSR count). The predicted molar refractivity (Wildman–Crippen MR) is 63.4 cm³/mol. The Labute approximate surface area is 94.3 Å². The number of nitrogens with two attached hydrogens (primary N) is 1. The van der Waals surface area contributed by atoms with Crippen LogP contribution in [0.3, 0.4) is 0 Å². The largest absolute Gasteiger partial charge is 0.327 e. The third-order valence-electron chi connectivity index (χ3n) is 1.91. The van der Waals surface area contributed by atoms with Gasteiger partial charge >= 0.3 is 0 Å². The third kappa shape index (κ3) is 4.65. The Hall–Kier alpha value is -0.0500. The zero-order chi connectivity index (χ0) is 8.97. The second-order valence-corrected chi connectivity index (χ2v) is 3.92. The average Bonchev–Trinajstić information content (AvgIpc) is 2.04. The van der Waals surface area contributed by atoms with Gasteiger partial charge in [-0.3, -0.25) is 0 Å². The lowest BCUT2D eigenvalue weighted by atomic mass is 10.1. The van der Waals surface area contributed by atoms with E-state index < -0.39 is 0 Å². The first-order valence-electron chi connectivity index (χ1n) is 4.22. The molecule has 1 aromatic carbocycles. The number of halogens is 2. The molecule has 0 saturated carbocycles. The standard InChI is InChI=1S/C10H14BrN.ClH/c1-2-10(12)7-8-4-3-5-9(11)6-8;/h3-6,10H,2,7,12H2,1H3;1H. The van der Waals surface area contributed by atoms with Crippen LogP contribution in [-0.4, -0.2) is 6.04 Å². The molecule has 0 heterocycles. The predicted octanol–water partition coefficient (Wildman–Crippen LogP) is 3.15. The molecule has 1 unspecified atom stereocenters. The van der Waals surface area contributed by atoms with Crippen LogP contribution >= 0.6 is 28.3 Å². The molecule has 0 aliphatic carbocycles. The van der Waals surface area contributed by atoms with Gasteiger partial charge in [0.2, 0.25) is 0 Å². The van der Waals surface area contributed by atoms with Gasteiger partial charge in [0, 0.05) is 10.5 Å². The summed E-state index contributed by atoms with van der Waals surface area (Å²) in [5.74, 6) is 0. The summed E-state index contributed by atoms with van der Waals surface area (Å²) in [6.07, 6.45) is 2.00. The van der Waals surface area contributed by atoms with Gasteiger partial charge in [-0.2, -0.15) is 0 Å². The lowest BCUT2D eigenvalue weighted by Gasteiger charge is -2.08. The summed E-state index contributed by atoms with van der Waals surface area (Å²) in [5, 5.41) is 0. The van der Waals surface area contributed by atoms with Gasteiger partial charge in [0.15, 0.2) is 0 Å². The van der Waals surface area contributed by atoms with Gasteiger partial charge in [-0.05, 0) is 30.5 Å². The maximum Gasteiger partial charge on any atom is 0.0178 e. The maximum atomic E-state index is 5.84. The lowest BCUT2D eigenvalue weighted by molar-refractivity contribution is 0.646. The number of rotatable bonds is 3. The van der Waals surface area contributed by atoms with Crippen molar-refractivity contribution in [3.63, 3.8) is 0 Å². The van der Waals surface area contributed by atoms with E-state index in [2.05, 4.69) is 35.0 Å². The molecular weight excluding hydrogens is 249 g/mol. The highest BCUT2D eigenvalue weighted by molar-refractivity contribution is 9.10. The average molecular weight is 265 g/mol. The smallest absolute Gasteiger partial charge is 0.0178 e. The van der Waals surface area contributed by atoms with Gasteiger partial charge in [-0.15, -0.1) is 12.4 Å².